The maximum atomic E-state index is 6.02. The smallest absolute Gasteiger partial charge is 0.124 e. The van der Waals surface area contributed by atoms with Crippen molar-refractivity contribution in [3.63, 3.8) is 0 Å². The first-order valence-corrected chi connectivity index (χ1v) is 6.94. The molecule has 18 heavy (non-hydrogen) atoms. The Morgan fingerprint density at radius 1 is 1.44 bits per heavy atom. The molecule has 1 aromatic rings. The zero-order valence-corrected chi connectivity index (χ0v) is 13.4. The highest BCUT2D eigenvalue weighted by Gasteiger charge is 2.11. The highest BCUT2D eigenvalue weighted by atomic mass is 79.9. The molecule has 0 aliphatic heterocycles. The largest absolute Gasteiger partial charge is 0.488 e. The highest BCUT2D eigenvalue weighted by Crippen LogP contribution is 2.24. The molecule has 0 atom stereocenters. The number of nitrogens with one attached hydrogen (secondary N) is 1. The number of hydrogen-bond acceptors (Lipinski definition) is 2. The topological polar surface area (TPSA) is 21.3 Å². The number of rotatable bonds is 5. The third-order valence-electron chi connectivity index (χ3n) is 2.22. The second-order valence-electron chi connectivity index (χ2n) is 5.16. The number of halogens is 2. The van der Waals surface area contributed by atoms with Gasteiger partial charge in [0, 0.05) is 27.2 Å². The van der Waals surface area contributed by atoms with E-state index in [2.05, 4.69) is 48.6 Å². The first-order chi connectivity index (χ1) is 8.28. The van der Waals surface area contributed by atoms with Crippen molar-refractivity contribution in [2.24, 2.45) is 0 Å². The summed E-state index contributed by atoms with van der Waals surface area (Å²) >= 11 is 9.30. The van der Waals surface area contributed by atoms with Gasteiger partial charge in [-0.2, -0.15) is 0 Å². The van der Waals surface area contributed by atoms with Crippen LogP contribution < -0.4 is 10.1 Å². The lowest BCUT2D eigenvalue weighted by atomic mass is 10.1. The average Bonchev–Trinajstić information content (AvgIpc) is 2.23. The fourth-order valence-corrected chi connectivity index (χ4v) is 1.65. The molecule has 0 aliphatic carbocycles. The minimum Gasteiger partial charge on any atom is -0.488 e. The molecule has 0 fully saturated rings. The lowest BCUT2D eigenvalue weighted by Crippen LogP contribution is -2.35. The van der Waals surface area contributed by atoms with Crippen molar-refractivity contribution in [2.45, 2.75) is 32.9 Å². The molecule has 0 heterocycles. The van der Waals surface area contributed by atoms with Crippen molar-refractivity contribution >= 4 is 27.5 Å². The summed E-state index contributed by atoms with van der Waals surface area (Å²) in [7, 11) is 0. The predicted octanol–water partition coefficient (Wildman–Crippen LogP) is 4.52. The van der Waals surface area contributed by atoms with Gasteiger partial charge in [0.2, 0.25) is 0 Å². The molecule has 100 valence electrons. The lowest BCUT2D eigenvalue weighted by molar-refractivity contribution is 0.350. The second kappa shape index (κ2) is 6.60. The normalized spacial score (nSPS) is 11.4. The molecule has 0 unspecified atom stereocenters. The Hall–Kier alpha value is -0.510. The van der Waals surface area contributed by atoms with Crippen LogP contribution in [0, 0.1) is 0 Å². The van der Waals surface area contributed by atoms with Gasteiger partial charge in [-0.15, -0.1) is 0 Å². The molecule has 4 heteroatoms. The van der Waals surface area contributed by atoms with E-state index in [1.807, 2.05) is 18.2 Å². The van der Waals surface area contributed by atoms with E-state index in [-0.39, 0.29) is 5.54 Å². The van der Waals surface area contributed by atoms with Crippen LogP contribution in [-0.4, -0.2) is 12.1 Å². The molecule has 1 rings (SSSR count). The minimum absolute atomic E-state index is 0.0542. The molecule has 0 saturated heterocycles. The van der Waals surface area contributed by atoms with E-state index in [9.17, 15) is 0 Å². The van der Waals surface area contributed by atoms with E-state index in [1.54, 1.807) is 0 Å². The van der Waals surface area contributed by atoms with Gasteiger partial charge in [-0.05, 0) is 39.0 Å². The average molecular weight is 333 g/mol. The van der Waals surface area contributed by atoms with Crippen LogP contribution in [0.5, 0.6) is 5.75 Å². The molecule has 0 bridgehead atoms. The summed E-state index contributed by atoms with van der Waals surface area (Å²) in [5, 5.41) is 4.13. The van der Waals surface area contributed by atoms with E-state index in [0.717, 1.165) is 15.8 Å². The van der Waals surface area contributed by atoms with Crippen LogP contribution in [0.25, 0.3) is 0 Å². The van der Waals surface area contributed by atoms with Crippen molar-refractivity contribution in [2.75, 3.05) is 6.61 Å². The van der Waals surface area contributed by atoms with Gasteiger partial charge in [-0.3, -0.25) is 0 Å². The van der Waals surface area contributed by atoms with Gasteiger partial charge >= 0.3 is 0 Å². The summed E-state index contributed by atoms with van der Waals surface area (Å²) in [6.07, 6.45) is 0. The van der Waals surface area contributed by atoms with Crippen LogP contribution in [-0.2, 0) is 6.54 Å². The Morgan fingerprint density at radius 3 is 2.67 bits per heavy atom. The molecular weight excluding hydrogens is 314 g/mol. The summed E-state index contributed by atoms with van der Waals surface area (Å²) in [5.41, 5.74) is 1.10. The van der Waals surface area contributed by atoms with Gasteiger partial charge in [0.1, 0.15) is 12.4 Å². The first kappa shape index (κ1) is 15.5. The predicted molar refractivity (Wildman–Crippen MR) is 81.6 cm³/mol. The SMILES string of the molecule is C=C(Br)COc1ccc(Cl)cc1CNC(C)(C)C. The van der Waals surface area contributed by atoms with Gasteiger partial charge in [-0.1, -0.05) is 34.1 Å². The lowest BCUT2D eigenvalue weighted by Gasteiger charge is -2.21. The highest BCUT2D eigenvalue weighted by molar-refractivity contribution is 9.11. The first-order valence-electron chi connectivity index (χ1n) is 5.77. The zero-order chi connectivity index (χ0) is 13.8. The van der Waals surface area contributed by atoms with Crippen LogP contribution in [0.4, 0.5) is 0 Å². The number of hydrogen-bond donors (Lipinski definition) is 1. The molecule has 0 aliphatic rings. The van der Waals surface area contributed by atoms with Crippen LogP contribution in [0.15, 0.2) is 29.3 Å². The molecular formula is C14H19BrClNO. The summed E-state index contributed by atoms with van der Waals surface area (Å²) in [6, 6.07) is 5.64. The Labute approximate surface area is 122 Å². The van der Waals surface area contributed by atoms with E-state index < -0.39 is 0 Å². The molecule has 1 aromatic carbocycles. The van der Waals surface area contributed by atoms with E-state index in [1.165, 1.54) is 0 Å². The molecule has 2 nitrogen and oxygen atoms in total. The fraction of sp³-hybridized carbons (Fsp3) is 0.429. The minimum atomic E-state index is 0.0542. The zero-order valence-electron chi connectivity index (χ0n) is 11.0. The fourth-order valence-electron chi connectivity index (χ4n) is 1.34. The van der Waals surface area contributed by atoms with Gasteiger partial charge in [-0.25, -0.2) is 0 Å². The summed E-state index contributed by atoms with van der Waals surface area (Å²) < 4.78 is 6.49. The van der Waals surface area contributed by atoms with Gasteiger partial charge < -0.3 is 10.1 Å². The maximum Gasteiger partial charge on any atom is 0.124 e. The van der Waals surface area contributed by atoms with E-state index in [0.29, 0.717) is 18.2 Å². The molecule has 0 saturated carbocycles. The number of benzene rings is 1. The van der Waals surface area contributed by atoms with Gasteiger partial charge in [0.15, 0.2) is 0 Å². The molecule has 0 spiro atoms. The molecule has 0 amide bonds. The molecule has 1 N–H and O–H groups in total. The molecule has 0 aromatic heterocycles. The van der Waals surface area contributed by atoms with Crippen molar-refractivity contribution < 1.29 is 4.74 Å². The maximum absolute atomic E-state index is 6.02. The summed E-state index contributed by atoms with van der Waals surface area (Å²) in [6.45, 7) is 11.3. The van der Waals surface area contributed by atoms with Crippen LogP contribution in [0.1, 0.15) is 26.3 Å². The Bertz CT molecular complexity index is 426. The summed E-state index contributed by atoms with van der Waals surface area (Å²) in [4.78, 5) is 0. The third-order valence-corrected chi connectivity index (χ3v) is 2.68. The van der Waals surface area contributed by atoms with Crippen molar-refractivity contribution in [3.05, 3.63) is 39.8 Å². The number of ether oxygens (including phenoxy) is 1. The van der Waals surface area contributed by atoms with Crippen LogP contribution >= 0.6 is 27.5 Å². The van der Waals surface area contributed by atoms with Crippen molar-refractivity contribution in [3.8, 4) is 5.75 Å². The standard InChI is InChI=1S/C14H19BrClNO/c1-10(15)9-18-13-6-5-12(16)7-11(13)8-17-14(2,3)4/h5-7,17H,1,8-9H2,2-4H3. The van der Waals surface area contributed by atoms with E-state index >= 15 is 0 Å². The Balaban J connectivity index is 2.79. The van der Waals surface area contributed by atoms with Crippen molar-refractivity contribution in [1.82, 2.24) is 5.32 Å². The third kappa shape index (κ3) is 5.89. The Kier molecular flexibility index (Phi) is 5.70. The quantitative estimate of drug-likeness (QED) is 0.856. The second-order valence-corrected chi connectivity index (χ2v) is 6.72. The molecule has 0 radical (unpaired) electrons. The van der Waals surface area contributed by atoms with Crippen LogP contribution in [0.3, 0.4) is 0 Å². The van der Waals surface area contributed by atoms with E-state index in [4.69, 9.17) is 16.3 Å². The van der Waals surface area contributed by atoms with Gasteiger partial charge in [0.25, 0.3) is 0 Å². The van der Waals surface area contributed by atoms with Crippen LogP contribution in [0.2, 0.25) is 5.02 Å². The van der Waals surface area contributed by atoms with Crippen molar-refractivity contribution in [1.29, 1.82) is 0 Å². The summed E-state index contributed by atoms with van der Waals surface area (Å²) in [5.74, 6) is 0.830. The Morgan fingerprint density at radius 2 is 2.11 bits per heavy atom. The monoisotopic (exact) mass is 331 g/mol. The van der Waals surface area contributed by atoms with Gasteiger partial charge in [0.05, 0.1) is 0 Å².